The first-order valence-electron chi connectivity index (χ1n) is 25.0. The molecule has 3 atom stereocenters. The van der Waals surface area contributed by atoms with Gasteiger partial charge >= 0.3 is 25.7 Å². The van der Waals surface area contributed by atoms with Crippen molar-refractivity contribution in [3.8, 4) is 0 Å². The van der Waals surface area contributed by atoms with Crippen LogP contribution in [0.25, 0.3) is 0 Å². The highest BCUT2D eigenvalue weighted by Gasteiger charge is 2.28. The summed E-state index contributed by atoms with van der Waals surface area (Å²) in [6.45, 7) is 2.77. The summed E-state index contributed by atoms with van der Waals surface area (Å²) in [6.07, 6.45) is 50.8. The summed E-state index contributed by atoms with van der Waals surface area (Å²) in [5.41, 5.74) is 5.34. The summed E-state index contributed by atoms with van der Waals surface area (Å²) in [4.78, 5) is 46.1. The molecule has 0 radical (unpaired) electrons. The number of rotatable bonds is 47. The summed E-state index contributed by atoms with van der Waals surface area (Å²) in [5.74, 6) is -2.43. The van der Waals surface area contributed by atoms with Gasteiger partial charge in [0.2, 0.25) is 0 Å². The van der Waals surface area contributed by atoms with E-state index in [1.165, 1.54) is 148 Å². The monoisotopic (exact) mass is 898 g/mol. The van der Waals surface area contributed by atoms with Gasteiger partial charge in [-0.2, -0.15) is 0 Å². The summed E-state index contributed by atoms with van der Waals surface area (Å²) in [7, 11) is -4.73. The Balaban J connectivity index is 4.29. The Morgan fingerprint density at radius 3 is 1.32 bits per heavy atom. The first kappa shape index (κ1) is 59.7. The molecule has 362 valence electrons. The van der Waals surface area contributed by atoms with Crippen molar-refractivity contribution >= 4 is 25.7 Å². The smallest absolute Gasteiger partial charge is 0.472 e. The molecule has 0 aromatic carbocycles. The van der Waals surface area contributed by atoms with Gasteiger partial charge in [0.25, 0.3) is 0 Å². The number of aliphatic carboxylic acids is 1. The molecule has 4 N–H and O–H groups in total. The number of esters is 2. The largest absolute Gasteiger partial charge is 0.480 e. The SMILES string of the molecule is CCCC/C=C/CCCCCCCCCCCC(=O)OC[C@@H](COP(=O)(O)OC[C@H](N)C(=O)O)OC(=O)CCC/C=C/CC/C=C/CCCCCCCCCCCCCCCC. The van der Waals surface area contributed by atoms with E-state index in [4.69, 9.17) is 24.8 Å². The molecule has 62 heavy (non-hydrogen) atoms. The van der Waals surface area contributed by atoms with Crippen molar-refractivity contribution in [2.45, 2.75) is 244 Å². The van der Waals surface area contributed by atoms with Crippen LogP contribution in [0, 0.1) is 0 Å². The van der Waals surface area contributed by atoms with Crippen LogP contribution in [0.15, 0.2) is 36.5 Å². The molecule has 12 heteroatoms. The maximum atomic E-state index is 12.7. The second kappa shape index (κ2) is 45.3. The van der Waals surface area contributed by atoms with Crippen LogP contribution in [0.5, 0.6) is 0 Å². The highest BCUT2D eigenvalue weighted by molar-refractivity contribution is 7.47. The number of carbonyl (C=O) groups excluding carboxylic acids is 2. The Bertz CT molecular complexity index is 1190. The summed E-state index contributed by atoms with van der Waals surface area (Å²) in [5, 5.41) is 8.91. The Labute approximate surface area is 378 Å². The number of carbonyl (C=O) groups is 3. The third-order valence-electron chi connectivity index (χ3n) is 10.8. The van der Waals surface area contributed by atoms with Crippen molar-refractivity contribution in [2.24, 2.45) is 5.73 Å². The van der Waals surface area contributed by atoms with Gasteiger partial charge in [0.1, 0.15) is 12.6 Å². The average Bonchev–Trinajstić information content (AvgIpc) is 3.25. The molecule has 0 heterocycles. The van der Waals surface area contributed by atoms with Crippen molar-refractivity contribution in [2.75, 3.05) is 19.8 Å². The van der Waals surface area contributed by atoms with Crippen LogP contribution in [-0.4, -0.2) is 59.9 Å². The quantitative estimate of drug-likeness (QED) is 0.0230. The van der Waals surface area contributed by atoms with E-state index in [0.29, 0.717) is 19.3 Å². The molecule has 0 aromatic rings. The molecular weight excluding hydrogens is 806 g/mol. The number of hydrogen-bond acceptors (Lipinski definition) is 9. The zero-order valence-corrected chi connectivity index (χ0v) is 40.4. The van der Waals surface area contributed by atoms with Crippen molar-refractivity contribution < 1.29 is 47.5 Å². The lowest BCUT2D eigenvalue weighted by Gasteiger charge is -2.20. The number of ether oxygens (including phenoxy) is 2. The molecule has 0 aromatic heterocycles. The van der Waals surface area contributed by atoms with E-state index < -0.39 is 51.1 Å². The van der Waals surface area contributed by atoms with Crippen LogP contribution in [0.3, 0.4) is 0 Å². The molecule has 0 bridgehead atoms. The highest BCUT2D eigenvalue weighted by Crippen LogP contribution is 2.43. The van der Waals surface area contributed by atoms with Crippen LogP contribution in [0.1, 0.15) is 232 Å². The number of phosphoric acid groups is 1. The van der Waals surface area contributed by atoms with Gasteiger partial charge in [-0.05, 0) is 64.2 Å². The molecule has 11 nitrogen and oxygen atoms in total. The van der Waals surface area contributed by atoms with Gasteiger partial charge in [0.05, 0.1) is 13.2 Å². The second-order valence-corrected chi connectivity index (χ2v) is 18.4. The topological polar surface area (TPSA) is 172 Å². The van der Waals surface area contributed by atoms with E-state index in [-0.39, 0.29) is 19.4 Å². The summed E-state index contributed by atoms with van der Waals surface area (Å²) in [6, 6.07) is -1.53. The van der Waals surface area contributed by atoms with E-state index in [2.05, 4.69) is 48.8 Å². The molecule has 1 unspecified atom stereocenters. The molecule has 0 saturated carbocycles. The number of phosphoric ester groups is 1. The maximum absolute atomic E-state index is 12.7. The number of carboxylic acids is 1. The fraction of sp³-hybridized carbons (Fsp3) is 0.820. The van der Waals surface area contributed by atoms with Crippen molar-refractivity contribution in [1.29, 1.82) is 0 Å². The van der Waals surface area contributed by atoms with E-state index in [1.807, 2.05) is 6.08 Å². The minimum atomic E-state index is -4.73. The average molecular weight is 898 g/mol. The van der Waals surface area contributed by atoms with E-state index in [0.717, 1.165) is 38.5 Å². The highest BCUT2D eigenvalue weighted by atomic mass is 31.2. The lowest BCUT2D eigenvalue weighted by molar-refractivity contribution is -0.161. The number of unbranched alkanes of at least 4 members (excludes halogenated alkanes) is 27. The Kier molecular flexibility index (Phi) is 43.6. The number of nitrogens with two attached hydrogens (primary N) is 1. The molecule has 0 amide bonds. The van der Waals surface area contributed by atoms with Gasteiger partial charge in [-0.1, -0.05) is 192 Å². The van der Waals surface area contributed by atoms with E-state index in [1.54, 1.807) is 0 Å². The molecule has 0 aliphatic heterocycles. The van der Waals surface area contributed by atoms with Gasteiger partial charge in [0.15, 0.2) is 6.10 Å². The predicted octanol–water partition coefficient (Wildman–Crippen LogP) is 14.0. The van der Waals surface area contributed by atoms with Gasteiger partial charge in [-0.15, -0.1) is 0 Å². The zero-order chi connectivity index (χ0) is 45.6. The third-order valence-corrected chi connectivity index (χ3v) is 11.8. The minimum Gasteiger partial charge on any atom is -0.480 e. The normalized spacial score (nSPS) is 13.9. The van der Waals surface area contributed by atoms with Crippen LogP contribution in [0.2, 0.25) is 0 Å². The molecule has 0 saturated heterocycles. The lowest BCUT2D eigenvalue weighted by atomic mass is 10.0. The van der Waals surface area contributed by atoms with Gasteiger partial charge in [0, 0.05) is 12.8 Å². The van der Waals surface area contributed by atoms with Gasteiger partial charge in [-0.25, -0.2) is 4.57 Å². The molecule has 0 fully saturated rings. The molecular formula is C50H92NO10P. The van der Waals surface area contributed by atoms with Crippen LogP contribution < -0.4 is 5.73 Å². The fourth-order valence-corrected chi connectivity index (χ4v) is 7.67. The lowest BCUT2D eigenvalue weighted by Crippen LogP contribution is -2.34. The number of carboxylic acid groups (broad SMARTS) is 1. The molecule has 0 aliphatic carbocycles. The van der Waals surface area contributed by atoms with E-state index >= 15 is 0 Å². The van der Waals surface area contributed by atoms with Crippen molar-refractivity contribution in [3.63, 3.8) is 0 Å². The van der Waals surface area contributed by atoms with Crippen LogP contribution in [0.4, 0.5) is 0 Å². The molecule has 0 aliphatic rings. The first-order valence-corrected chi connectivity index (χ1v) is 26.5. The number of hydrogen-bond donors (Lipinski definition) is 3. The van der Waals surface area contributed by atoms with Crippen LogP contribution in [-0.2, 0) is 37.5 Å². The van der Waals surface area contributed by atoms with Crippen LogP contribution >= 0.6 is 7.82 Å². The first-order chi connectivity index (χ1) is 30.1. The molecule has 0 rings (SSSR count). The standard InChI is InChI=1S/C50H92NO10P/c1-3-5-7-9-11-13-15-17-19-20-21-22-23-24-25-26-28-30-32-34-36-38-40-42-49(53)61-46(44-59-62(56,57)60-45-47(51)50(54)55)43-58-48(52)41-39-37-35-33-31-29-27-18-16-14-12-10-8-6-4-2/h10,12,26,28,34,36,46-47H,3-9,11,13-25,27,29-33,35,37-45,51H2,1-2H3,(H,54,55)(H,56,57)/b12-10+,28-26+,36-34+/t46-,47-/m0/s1. The Morgan fingerprint density at radius 2 is 0.855 bits per heavy atom. The molecule has 0 spiro atoms. The Hall–Kier alpha value is -2.30. The minimum absolute atomic E-state index is 0.102. The van der Waals surface area contributed by atoms with Crippen molar-refractivity contribution in [3.05, 3.63) is 36.5 Å². The fourth-order valence-electron chi connectivity index (χ4n) is 6.89. The second-order valence-electron chi connectivity index (χ2n) is 16.9. The van der Waals surface area contributed by atoms with Gasteiger partial charge < -0.3 is 25.2 Å². The zero-order valence-electron chi connectivity index (χ0n) is 39.5. The van der Waals surface area contributed by atoms with E-state index in [9.17, 15) is 23.8 Å². The van der Waals surface area contributed by atoms with Gasteiger partial charge in [-0.3, -0.25) is 23.4 Å². The maximum Gasteiger partial charge on any atom is 0.472 e. The predicted molar refractivity (Wildman–Crippen MR) is 254 cm³/mol. The summed E-state index contributed by atoms with van der Waals surface area (Å²) >= 11 is 0. The third kappa shape index (κ3) is 44.3. The summed E-state index contributed by atoms with van der Waals surface area (Å²) < 4.78 is 32.7. The van der Waals surface area contributed by atoms with Crippen molar-refractivity contribution in [1.82, 2.24) is 0 Å². The Morgan fingerprint density at radius 1 is 0.484 bits per heavy atom. The number of allylic oxidation sites excluding steroid dienone is 6.